The molecular weight excluding hydrogens is 328 g/mol. The molecule has 20 heavy (non-hydrogen) atoms. The number of furan rings is 1. The summed E-state index contributed by atoms with van der Waals surface area (Å²) in [5.41, 5.74) is 0. The third-order valence-corrected chi connectivity index (χ3v) is 3.83. The molecule has 1 aromatic rings. The average molecular weight is 343 g/mol. The summed E-state index contributed by atoms with van der Waals surface area (Å²) in [5.74, 6) is -0.205. The van der Waals surface area contributed by atoms with Crippen LogP contribution in [0.1, 0.15) is 23.4 Å². The summed E-state index contributed by atoms with van der Waals surface area (Å²) in [6.45, 7) is 1.05. The molecule has 0 radical (unpaired) electrons. The Balaban J connectivity index is 1.73. The topological polar surface area (TPSA) is 71.8 Å². The van der Waals surface area contributed by atoms with Gasteiger partial charge in [-0.2, -0.15) is 0 Å². The van der Waals surface area contributed by atoms with Crippen molar-refractivity contribution in [2.75, 3.05) is 19.8 Å². The highest BCUT2D eigenvalue weighted by molar-refractivity contribution is 9.10. The molecular formula is C13H15BrN2O4. The zero-order chi connectivity index (χ0) is 14.1. The standard InChI is InChI=1S/C13H15BrN2O4/c14-11-4-3-10(20-11)13(18)16-5-6-19-7-9(16)12(17)15-8-1-2-8/h3-4,8-9H,1-2,5-7H2,(H,15,17). The summed E-state index contributed by atoms with van der Waals surface area (Å²) in [6.07, 6.45) is 2.02. The summed E-state index contributed by atoms with van der Waals surface area (Å²) in [5, 5.41) is 2.91. The number of rotatable bonds is 3. The van der Waals surface area contributed by atoms with Crippen LogP contribution in [0.25, 0.3) is 0 Å². The zero-order valence-electron chi connectivity index (χ0n) is 10.8. The first-order valence-corrected chi connectivity index (χ1v) is 7.39. The van der Waals surface area contributed by atoms with E-state index in [4.69, 9.17) is 9.15 Å². The number of nitrogens with one attached hydrogen (secondary N) is 1. The van der Waals surface area contributed by atoms with Gasteiger partial charge < -0.3 is 19.4 Å². The van der Waals surface area contributed by atoms with E-state index in [0.717, 1.165) is 12.8 Å². The second kappa shape index (κ2) is 5.57. The minimum Gasteiger partial charge on any atom is -0.444 e. The molecule has 1 unspecified atom stereocenters. The van der Waals surface area contributed by atoms with Crippen molar-refractivity contribution >= 4 is 27.7 Å². The molecule has 2 heterocycles. The average Bonchev–Trinajstić information content (AvgIpc) is 3.16. The Hall–Kier alpha value is -1.34. The number of halogens is 1. The van der Waals surface area contributed by atoms with Crippen LogP contribution >= 0.6 is 15.9 Å². The van der Waals surface area contributed by atoms with Gasteiger partial charge in [-0.1, -0.05) is 0 Å². The van der Waals surface area contributed by atoms with Gasteiger partial charge in [0.05, 0.1) is 13.2 Å². The number of amides is 2. The van der Waals surface area contributed by atoms with Crippen molar-refractivity contribution in [3.8, 4) is 0 Å². The molecule has 1 saturated carbocycles. The molecule has 1 atom stereocenters. The number of ether oxygens (including phenoxy) is 1. The molecule has 1 aliphatic carbocycles. The Bertz CT molecular complexity index is 526. The van der Waals surface area contributed by atoms with Crippen LogP contribution in [-0.2, 0) is 9.53 Å². The zero-order valence-corrected chi connectivity index (χ0v) is 12.4. The number of hydrogen-bond donors (Lipinski definition) is 1. The monoisotopic (exact) mass is 342 g/mol. The van der Waals surface area contributed by atoms with Crippen LogP contribution in [0.15, 0.2) is 21.2 Å². The lowest BCUT2D eigenvalue weighted by Crippen LogP contribution is -2.56. The highest BCUT2D eigenvalue weighted by atomic mass is 79.9. The Morgan fingerprint density at radius 1 is 1.35 bits per heavy atom. The molecule has 2 aliphatic rings. The number of morpholine rings is 1. The second-order valence-electron chi connectivity index (χ2n) is 4.98. The molecule has 7 heteroatoms. The number of hydrogen-bond acceptors (Lipinski definition) is 4. The molecule has 1 saturated heterocycles. The van der Waals surface area contributed by atoms with E-state index in [9.17, 15) is 9.59 Å². The van der Waals surface area contributed by atoms with Crippen molar-refractivity contribution in [2.24, 2.45) is 0 Å². The first-order valence-electron chi connectivity index (χ1n) is 6.59. The Morgan fingerprint density at radius 2 is 2.15 bits per heavy atom. The second-order valence-corrected chi connectivity index (χ2v) is 5.76. The lowest BCUT2D eigenvalue weighted by molar-refractivity contribution is -0.130. The van der Waals surface area contributed by atoms with Gasteiger partial charge in [0.1, 0.15) is 6.04 Å². The summed E-state index contributed by atoms with van der Waals surface area (Å²) >= 11 is 3.17. The summed E-state index contributed by atoms with van der Waals surface area (Å²) in [7, 11) is 0. The van der Waals surface area contributed by atoms with E-state index in [2.05, 4.69) is 21.2 Å². The van der Waals surface area contributed by atoms with E-state index in [0.29, 0.717) is 17.8 Å². The van der Waals surface area contributed by atoms with Gasteiger partial charge in [0.2, 0.25) is 5.91 Å². The van der Waals surface area contributed by atoms with E-state index in [1.165, 1.54) is 4.90 Å². The maximum Gasteiger partial charge on any atom is 0.290 e. The Morgan fingerprint density at radius 3 is 2.80 bits per heavy atom. The maximum atomic E-state index is 12.4. The van der Waals surface area contributed by atoms with E-state index < -0.39 is 6.04 Å². The molecule has 2 fully saturated rings. The van der Waals surface area contributed by atoms with Crippen LogP contribution in [-0.4, -0.2) is 48.6 Å². The van der Waals surface area contributed by atoms with Gasteiger partial charge in [-0.3, -0.25) is 9.59 Å². The highest BCUT2D eigenvalue weighted by Gasteiger charge is 2.36. The van der Waals surface area contributed by atoms with Crippen LogP contribution in [0.5, 0.6) is 0 Å². The first kappa shape index (κ1) is 13.6. The van der Waals surface area contributed by atoms with Gasteiger partial charge in [-0.05, 0) is 40.9 Å². The molecule has 2 amide bonds. The molecule has 0 aromatic carbocycles. The minimum atomic E-state index is -0.583. The fraction of sp³-hybridized carbons (Fsp3) is 0.538. The van der Waals surface area contributed by atoms with Crippen molar-refractivity contribution in [2.45, 2.75) is 24.9 Å². The van der Waals surface area contributed by atoms with E-state index in [1.54, 1.807) is 12.1 Å². The summed E-state index contributed by atoms with van der Waals surface area (Å²) in [4.78, 5) is 26.1. The number of carbonyl (C=O) groups is 2. The van der Waals surface area contributed by atoms with Gasteiger partial charge in [-0.25, -0.2) is 0 Å². The van der Waals surface area contributed by atoms with Crippen LogP contribution in [0.3, 0.4) is 0 Å². The van der Waals surface area contributed by atoms with Gasteiger partial charge in [0.15, 0.2) is 10.4 Å². The predicted octanol–water partition coefficient (Wildman–Crippen LogP) is 1.16. The van der Waals surface area contributed by atoms with Crippen molar-refractivity contribution in [3.05, 3.63) is 22.6 Å². The van der Waals surface area contributed by atoms with Gasteiger partial charge in [-0.15, -0.1) is 0 Å². The van der Waals surface area contributed by atoms with E-state index >= 15 is 0 Å². The quantitative estimate of drug-likeness (QED) is 0.894. The normalized spacial score (nSPS) is 22.6. The lowest BCUT2D eigenvalue weighted by Gasteiger charge is -2.34. The highest BCUT2D eigenvalue weighted by Crippen LogP contribution is 2.21. The number of nitrogens with zero attached hydrogens (tertiary/aromatic N) is 1. The molecule has 3 rings (SSSR count). The van der Waals surface area contributed by atoms with Crippen molar-refractivity contribution in [1.82, 2.24) is 10.2 Å². The molecule has 6 nitrogen and oxygen atoms in total. The van der Waals surface area contributed by atoms with Gasteiger partial charge in [0, 0.05) is 12.6 Å². The van der Waals surface area contributed by atoms with Crippen molar-refractivity contribution in [1.29, 1.82) is 0 Å². The van der Waals surface area contributed by atoms with Crippen LogP contribution in [0.4, 0.5) is 0 Å². The largest absolute Gasteiger partial charge is 0.444 e. The molecule has 108 valence electrons. The molecule has 0 spiro atoms. The van der Waals surface area contributed by atoms with E-state index in [-0.39, 0.29) is 30.2 Å². The van der Waals surface area contributed by atoms with Crippen molar-refractivity contribution in [3.63, 3.8) is 0 Å². The smallest absolute Gasteiger partial charge is 0.290 e. The summed E-state index contributed by atoms with van der Waals surface area (Å²) < 4.78 is 11.1. The SMILES string of the molecule is O=C(NC1CC1)C1COCCN1C(=O)c1ccc(Br)o1. The fourth-order valence-corrected chi connectivity index (χ4v) is 2.47. The Labute approximate surface area is 124 Å². The molecule has 1 aromatic heterocycles. The van der Waals surface area contributed by atoms with E-state index in [1.807, 2.05) is 0 Å². The van der Waals surface area contributed by atoms with Gasteiger partial charge >= 0.3 is 0 Å². The number of carbonyl (C=O) groups excluding carboxylic acids is 2. The first-order chi connectivity index (χ1) is 9.65. The predicted molar refractivity (Wildman–Crippen MR) is 73.2 cm³/mol. The minimum absolute atomic E-state index is 0.147. The summed E-state index contributed by atoms with van der Waals surface area (Å²) in [6, 6.07) is 2.94. The molecule has 1 aliphatic heterocycles. The van der Waals surface area contributed by atoms with Crippen LogP contribution < -0.4 is 5.32 Å². The maximum absolute atomic E-state index is 12.4. The lowest BCUT2D eigenvalue weighted by atomic mass is 10.2. The molecule has 0 bridgehead atoms. The van der Waals surface area contributed by atoms with Crippen LogP contribution in [0.2, 0.25) is 0 Å². The third-order valence-electron chi connectivity index (χ3n) is 3.40. The molecule has 1 N–H and O–H groups in total. The van der Waals surface area contributed by atoms with Crippen LogP contribution in [0, 0.1) is 0 Å². The fourth-order valence-electron chi connectivity index (χ4n) is 2.16. The Kier molecular flexibility index (Phi) is 3.80. The van der Waals surface area contributed by atoms with Crippen molar-refractivity contribution < 1.29 is 18.7 Å². The van der Waals surface area contributed by atoms with Gasteiger partial charge in [0.25, 0.3) is 5.91 Å². The third kappa shape index (κ3) is 2.88.